The van der Waals surface area contributed by atoms with Gasteiger partial charge in [-0.05, 0) is 6.90 Å². The van der Waals surface area contributed by atoms with Gasteiger partial charge in [0, 0.05) is 1.37 Å². The smallest absolute Gasteiger partial charge is 0.306 e. The summed E-state index contributed by atoms with van der Waals surface area (Å²) in [7, 11) is 5.22. The highest BCUT2D eigenvalue weighted by Crippen LogP contribution is 2.15. The second-order valence-corrected chi connectivity index (χ2v) is 4.47. The second kappa shape index (κ2) is 4.06. The van der Waals surface area contributed by atoms with E-state index in [9.17, 15) is 14.7 Å². The molecule has 0 aromatic rings. The summed E-state index contributed by atoms with van der Waals surface area (Å²) in [6.07, 6.45) is -0.653. The molecule has 0 aromatic carbocycles. The molecule has 0 radical (unpaired) electrons. The summed E-state index contributed by atoms with van der Waals surface area (Å²) >= 11 is 0. The molecule has 0 bridgehead atoms. The lowest BCUT2D eigenvalue weighted by atomic mass is 9.94. The van der Waals surface area contributed by atoms with Crippen molar-refractivity contribution in [2.45, 2.75) is 18.9 Å². The van der Waals surface area contributed by atoms with Gasteiger partial charge in [0.2, 0.25) is 0 Å². The van der Waals surface area contributed by atoms with Crippen molar-refractivity contribution in [3.63, 3.8) is 0 Å². The number of ketones is 1. The summed E-state index contributed by atoms with van der Waals surface area (Å²) in [6, 6.07) is 0. The van der Waals surface area contributed by atoms with Crippen LogP contribution in [0.2, 0.25) is 0 Å². The summed E-state index contributed by atoms with van der Waals surface area (Å²) in [6.45, 7) is -0.624. The first-order valence-electron chi connectivity index (χ1n) is 4.88. The van der Waals surface area contributed by atoms with Gasteiger partial charge in [0.15, 0.2) is 11.4 Å². The van der Waals surface area contributed by atoms with Gasteiger partial charge in [0.1, 0.15) is 6.54 Å². The molecule has 14 heavy (non-hydrogen) atoms. The minimum absolute atomic E-state index is 0.0169. The van der Waals surface area contributed by atoms with Gasteiger partial charge < -0.3 is 14.7 Å². The topological polar surface area (TPSA) is 74.6 Å². The number of aliphatic carboxylic acids is 1. The third kappa shape index (κ3) is 4.34. The number of hydrogen-bond acceptors (Lipinski definition) is 3. The first-order valence-corrected chi connectivity index (χ1v) is 4.18. The predicted octanol–water partition coefficient (Wildman–Crippen LogP) is -0.513. The zero-order valence-electron chi connectivity index (χ0n) is 9.78. The van der Waals surface area contributed by atoms with E-state index in [4.69, 9.17) is 6.48 Å². The zero-order chi connectivity index (χ0) is 12.3. The zero-order valence-corrected chi connectivity index (χ0v) is 8.78. The lowest BCUT2D eigenvalue weighted by Gasteiger charge is -2.32. The van der Waals surface area contributed by atoms with Gasteiger partial charge in [0.25, 0.3) is 0 Å². The molecular weight excluding hydrogens is 186 g/mol. The van der Waals surface area contributed by atoms with Gasteiger partial charge in [-0.3, -0.25) is 9.59 Å². The quantitative estimate of drug-likeness (QED) is 0.593. The summed E-state index contributed by atoms with van der Waals surface area (Å²) in [4.78, 5) is 21.9. The molecule has 0 saturated heterocycles. The molecule has 0 spiro atoms. The van der Waals surface area contributed by atoms with Crippen LogP contribution in [-0.2, 0) is 9.59 Å². The van der Waals surface area contributed by atoms with E-state index in [0.717, 1.165) is 0 Å². The van der Waals surface area contributed by atoms with Crippen molar-refractivity contribution in [2.24, 2.45) is 0 Å². The summed E-state index contributed by atoms with van der Waals surface area (Å²) < 4.78 is 7.17. The molecule has 0 aliphatic rings. The van der Waals surface area contributed by atoms with Crippen LogP contribution in [0.5, 0.6) is 0 Å². The number of rotatable bonds is 5. The molecule has 82 valence electrons. The second-order valence-electron chi connectivity index (χ2n) is 4.47. The van der Waals surface area contributed by atoms with E-state index in [-0.39, 0.29) is 11.0 Å². The number of carboxylic acids is 1. The van der Waals surface area contributed by atoms with Crippen LogP contribution >= 0.6 is 0 Å². The molecule has 0 amide bonds. The Morgan fingerprint density at radius 1 is 1.43 bits per heavy atom. The van der Waals surface area contributed by atoms with Crippen molar-refractivity contribution >= 4 is 11.8 Å². The minimum atomic E-state index is -1.94. The average Bonchev–Trinajstić information content (AvgIpc) is 1.97. The number of aliphatic hydroxyl groups is 1. The third-order valence-corrected chi connectivity index (χ3v) is 1.70. The van der Waals surface area contributed by atoms with Crippen LogP contribution in [0.25, 0.3) is 0 Å². The Hall–Kier alpha value is -0.940. The Morgan fingerprint density at radius 3 is 2.21 bits per heavy atom. The molecule has 0 aliphatic heterocycles. The Bertz CT molecular complexity index is 261. The number of carbonyl (C=O) groups is 2. The number of carbonyl (C=O) groups excluding carboxylic acids is 1. The number of likely N-dealkylation sites (N-methyl/N-ethyl adjacent to an activating group) is 1. The predicted molar refractivity (Wildman–Crippen MR) is 50.8 cm³/mol. The molecule has 0 rings (SSSR count). The molecule has 0 heterocycles. The molecular formula is C9H18NO4+. The highest BCUT2D eigenvalue weighted by molar-refractivity contribution is 5.89. The van der Waals surface area contributed by atoms with E-state index in [1.54, 1.807) is 21.1 Å². The Labute approximate surface area is 84.9 Å². The van der Waals surface area contributed by atoms with Gasteiger partial charge >= 0.3 is 5.97 Å². The van der Waals surface area contributed by atoms with E-state index < -0.39 is 30.7 Å². The lowest BCUT2D eigenvalue weighted by Crippen LogP contribution is -2.54. The van der Waals surface area contributed by atoms with Crippen LogP contribution in [0.3, 0.4) is 0 Å². The highest BCUT2D eigenvalue weighted by atomic mass is 16.4. The fraction of sp³-hybridized carbons (Fsp3) is 0.778. The first kappa shape index (κ1) is 11.1. The van der Waals surface area contributed by atoms with Crippen LogP contribution in [-0.4, -0.2) is 59.7 Å². The Balaban J connectivity index is 4.86. The normalized spacial score (nSPS) is 17.0. The van der Waals surface area contributed by atoms with Crippen LogP contribution in [0.1, 0.15) is 14.7 Å². The maximum atomic E-state index is 11.3. The molecule has 5 nitrogen and oxygen atoms in total. The monoisotopic (exact) mass is 205 g/mol. The molecule has 0 aliphatic carbocycles. The first-order chi connectivity index (χ1) is 6.60. The number of quaternary nitrogens is 1. The number of carboxylic acid groups (broad SMARTS) is 1. The van der Waals surface area contributed by atoms with E-state index in [0.29, 0.717) is 0 Å². The van der Waals surface area contributed by atoms with Crippen molar-refractivity contribution in [3.8, 4) is 0 Å². The summed E-state index contributed by atoms with van der Waals surface area (Å²) in [5, 5.41) is 18.5. The molecule has 0 unspecified atom stereocenters. The molecule has 2 N–H and O–H groups in total. The number of Topliss-reactive ketones (excluding diaryl/α,β-unsaturated/α-hetero) is 1. The van der Waals surface area contributed by atoms with Crippen molar-refractivity contribution in [1.82, 2.24) is 0 Å². The highest BCUT2D eigenvalue weighted by Gasteiger charge is 2.40. The van der Waals surface area contributed by atoms with Gasteiger partial charge in [-0.1, -0.05) is 0 Å². The molecule has 0 aromatic heterocycles. The van der Waals surface area contributed by atoms with Crippen LogP contribution in [0.4, 0.5) is 0 Å². The molecule has 0 saturated carbocycles. The van der Waals surface area contributed by atoms with Crippen molar-refractivity contribution in [2.75, 3.05) is 27.7 Å². The van der Waals surface area contributed by atoms with Gasteiger partial charge in [-0.2, -0.15) is 0 Å². The number of hydrogen-bond donors (Lipinski definition) is 2. The van der Waals surface area contributed by atoms with Gasteiger partial charge in [-0.15, -0.1) is 0 Å². The standard InChI is InChI=1S/C9H17NO4/c1-7(11)9(14,5-8(12)13)6-10(2,3)4/h14H,5-6H2,1-4H3/p+1/t9-/m1/s1/i1D. The Kier molecular flexibility index (Phi) is 3.23. The molecule has 5 heteroatoms. The SMILES string of the molecule is [2H]CC(=O)[C@@](O)(CC(=O)O)C[N+](C)(C)C. The average molecular weight is 205 g/mol. The maximum Gasteiger partial charge on any atom is 0.306 e. The van der Waals surface area contributed by atoms with Crippen LogP contribution < -0.4 is 0 Å². The molecule has 0 fully saturated rings. The minimum Gasteiger partial charge on any atom is -0.481 e. The van der Waals surface area contributed by atoms with E-state index >= 15 is 0 Å². The number of nitrogens with zero attached hydrogens (tertiary/aromatic N) is 1. The van der Waals surface area contributed by atoms with E-state index in [1.807, 2.05) is 0 Å². The van der Waals surface area contributed by atoms with Crippen molar-refractivity contribution in [1.29, 1.82) is 0 Å². The largest absolute Gasteiger partial charge is 0.481 e. The molecule has 1 atom stereocenters. The van der Waals surface area contributed by atoms with Crippen LogP contribution in [0, 0.1) is 0 Å². The van der Waals surface area contributed by atoms with Gasteiger partial charge in [0.05, 0.1) is 27.6 Å². The third-order valence-electron chi connectivity index (χ3n) is 1.70. The van der Waals surface area contributed by atoms with E-state index in [2.05, 4.69) is 0 Å². The van der Waals surface area contributed by atoms with Crippen LogP contribution in [0.15, 0.2) is 0 Å². The summed E-state index contributed by atoms with van der Waals surface area (Å²) in [5.41, 5.74) is -1.94. The fourth-order valence-corrected chi connectivity index (χ4v) is 1.28. The van der Waals surface area contributed by atoms with Crippen molar-refractivity contribution in [3.05, 3.63) is 0 Å². The van der Waals surface area contributed by atoms with Gasteiger partial charge in [-0.25, -0.2) is 0 Å². The van der Waals surface area contributed by atoms with E-state index in [1.165, 1.54) is 0 Å². The lowest BCUT2D eigenvalue weighted by molar-refractivity contribution is -0.875. The maximum absolute atomic E-state index is 11.3. The van der Waals surface area contributed by atoms with Crippen molar-refractivity contribution < 1.29 is 25.7 Å². The Morgan fingerprint density at radius 2 is 1.93 bits per heavy atom. The summed E-state index contributed by atoms with van der Waals surface area (Å²) in [5.74, 6) is -1.99. The fourth-order valence-electron chi connectivity index (χ4n) is 1.28.